The molecular formula is C14H19ClFNO. The van der Waals surface area contributed by atoms with Crippen LogP contribution in [0.1, 0.15) is 18.9 Å². The van der Waals surface area contributed by atoms with Crippen molar-refractivity contribution in [2.24, 2.45) is 5.92 Å². The lowest BCUT2D eigenvalue weighted by Gasteiger charge is -2.32. The molecule has 18 heavy (non-hydrogen) atoms. The molecule has 1 fully saturated rings. The van der Waals surface area contributed by atoms with Crippen LogP contribution in [0.2, 0.25) is 5.02 Å². The molecular weight excluding hydrogens is 253 g/mol. The standard InChI is InChI=1S/C14H19ClFNO/c1-2-17-14-6-7-18-9-10(14)8-11-12(15)4-3-5-13(11)16/h3-5,10,14,17H,2,6-9H2,1H3. The predicted molar refractivity (Wildman–Crippen MR) is 71.5 cm³/mol. The van der Waals surface area contributed by atoms with Crippen LogP contribution in [0.15, 0.2) is 18.2 Å². The summed E-state index contributed by atoms with van der Waals surface area (Å²) in [7, 11) is 0. The first-order chi connectivity index (χ1) is 8.72. The van der Waals surface area contributed by atoms with Gasteiger partial charge in [-0.2, -0.15) is 0 Å². The Labute approximate surface area is 112 Å². The van der Waals surface area contributed by atoms with Crippen molar-refractivity contribution in [2.45, 2.75) is 25.8 Å². The van der Waals surface area contributed by atoms with Crippen molar-refractivity contribution in [3.63, 3.8) is 0 Å². The van der Waals surface area contributed by atoms with Gasteiger partial charge in [-0.3, -0.25) is 0 Å². The predicted octanol–water partition coefficient (Wildman–Crippen LogP) is 3.04. The first kappa shape index (κ1) is 13.8. The molecule has 2 atom stereocenters. The second kappa shape index (κ2) is 6.50. The molecule has 0 aromatic heterocycles. The molecule has 0 spiro atoms. The normalized spacial score (nSPS) is 24.2. The van der Waals surface area contributed by atoms with Gasteiger partial charge in [-0.25, -0.2) is 4.39 Å². The lowest BCUT2D eigenvalue weighted by Crippen LogP contribution is -2.43. The van der Waals surface area contributed by atoms with Gasteiger partial charge in [0.2, 0.25) is 0 Å². The van der Waals surface area contributed by atoms with Crippen molar-refractivity contribution < 1.29 is 9.13 Å². The molecule has 0 saturated carbocycles. The van der Waals surface area contributed by atoms with Crippen molar-refractivity contribution in [3.05, 3.63) is 34.6 Å². The summed E-state index contributed by atoms with van der Waals surface area (Å²) >= 11 is 6.07. The van der Waals surface area contributed by atoms with Crippen LogP contribution in [-0.4, -0.2) is 25.8 Å². The molecule has 1 aliphatic rings. The number of nitrogens with one attached hydrogen (secondary N) is 1. The lowest BCUT2D eigenvalue weighted by molar-refractivity contribution is 0.0324. The minimum absolute atomic E-state index is 0.219. The fourth-order valence-electron chi connectivity index (χ4n) is 2.52. The maximum atomic E-state index is 13.8. The second-order valence-electron chi connectivity index (χ2n) is 4.69. The van der Waals surface area contributed by atoms with Crippen LogP contribution >= 0.6 is 11.6 Å². The van der Waals surface area contributed by atoms with Gasteiger partial charge in [0.25, 0.3) is 0 Å². The number of hydrogen-bond donors (Lipinski definition) is 1. The summed E-state index contributed by atoms with van der Waals surface area (Å²) in [5.74, 6) is 0.0661. The van der Waals surface area contributed by atoms with Gasteiger partial charge < -0.3 is 10.1 Å². The summed E-state index contributed by atoms with van der Waals surface area (Å²) in [5, 5.41) is 3.96. The molecule has 1 N–H and O–H groups in total. The Morgan fingerprint density at radius 2 is 2.33 bits per heavy atom. The quantitative estimate of drug-likeness (QED) is 0.909. The third kappa shape index (κ3) is 3.22. The van der Waals surface area contributed by atoms with Crippen LogP contribution < -0.4 is 5.32 Å². The molecule has 100 valence electrons. The molecule has 1 heterocycles. The number of benzene rings is 1. The van der Waals surface area contributed by atoms with Crippen LogP contribution in [0.4, 0.5) is 4.39 Å². The van der Waals surface area contributed by atoms with Crippen molar-refractivity contribution in [1.29, 1.82) is 0 Å². The molecule has 2 unspecified atom stereocenters. The van der Waals surface area contributed by atoms with Crippen molar-refractivity contribution >= 4 is 11.6 Å². The minimum Gasteiger partial charge on any atom is -0.381 e. The van der Waals surface area contributed by atoms with E-state index >= 15 is 0 Å². The fraction of sp³-hybridized carbons (Fsp3) is 0.571. The molecule has 2 nitrogen and oxygen atoms in total. The smallest absolute Gasteiger partial charge is 0.127 e. The van der Waals surface area contributed by atoms with E-state index in [1.54, 1.807) is 12.1 Å². The fourth-order valence-corrected chi connectivity index (χ4v) is 2.76. The van der Waals surface area contributed by atoms with Gasteiger partial charge in [0.05, 0.1) is 6.61 Å². The van der Waals surface area contributed by atoms with E-state index in [9.17, 15) is 4.39 Å². The van der Waals surface area contributed by atoms with E-state index in [0.29, 0.717) is 29.7 Å². The molecule has 0 bridgehead atoms. The molecule has 1 saturated heterocycles. The van der Waals surface area contributed by atoms with Gasteiger partial charge >= 0.3 is 0 Å². The molecule has 1 aromatic rings. The zero-order valence-corrected chi connectivity index (χ0v) is 11.3. The maximum Gasteiger partial charge on any atom is 0.127 e. The maximum absolute atomic E-state index is 13.8. The molecule has 1 aromatic carbocycles. The van der Waals surface area contributed by atoms with E-state index in [4.69, 9.17) is 16.3 Å². The third-order valence-electron chi connectivity index (χ3n) is 3.47. The first-order valence-electron chi connectivity index (χ1n) is 6.46. The van der Waals surface area contributed by atoms with E-state index in [1.165, 1.54) is 6.07 Å². The van der Waals surface area contributed by atoms with Gasteiger partial charge in [-0.15, -0.1) is 0 Å². The molecule has 2 rings (SSSR count). The first-order valence-corrected chi connectivity index (χ1v) is 6.84. The van der Waals surface area contributed by atoms with E-state index in [1.807, 2.05) is 0 Å². The molecule has 0 radical (unpaired) electrons. The highest BCUT2D eigenvalue weighted by molar-refractivity contribution is 6.31. The van der Waals surface area contributed by atoms with Gasteiger partial charge in [0.1, 0.15) is 5.82 Å². The Balaban J connectivity index is 2.11. The molecule has 0 aliphatic carbocycles. The number of hydrogen-bond acceptors (Lipinski definition) is 2. The van der Waals surface area contributed by atoms with Crippen molar-refractivity contribution in [3.8, 4) is 0 Å². The zero-order chi connectivity index (χ0) is 13.0. The van der Waals surface area contributed by atoms with Crippen LogP contribution in [0.5, 0.6) is 0 Å². The van der Waals surface area contributed by atoms with Gasteiger partial charge in [0.15, 0.2) is 0 Å². The largest absolute Gasteiger partial charge is 0.381 e. The average molecular weight is 272 g/mol. The van der Waals surface area contributed by atoms with E-state index in [-0.39, 0.29) is 11.7 Å². The summed E-state index contributed by atoms with van der Waals surface area (Å²) < 4.78 is 19.3. The van der Waals surface area contributed by atoms with Crippen LogP contribution in [0.3, 0.4) is 0 Å². The van der Waals surface area contributed by atoms with E-state index < -0.39 is 0 Å². The third-order valence-corrected chi connectivity index (χ3v) is 3.82. The lowest BCUT2D eigenvalue weighted by atomic mass is 9.89. The van der Waals surface area contributed by atoms with Crippen LogP contribution in [0, 0.1) is 11.7 Å². The Bertz CT molecular complexity index is 377. The zero-order valence-electron chi connectivity index (χ0n) is 10.6. The van der Waals surface area contributed by atoms with Gasteiger partial charge in [-0.05, 0) is 31.5 Å². The summed E-state index contributed by atoms with van der Waals surface area (Å²) in [6.07, 6.45) is 1.60. The van der Waals surface area contributed by atoms with Gasteiger partial charge in [-0.1, -0.05) is 24.6 Å². The highest BCUT2D eigenvalue weighted by Gasteiger charge is 2.26. The Morgan fingerprint density at radius 3 is 3.06 bits per heavy atom. The topological polar surface area (TPSA) is 21.3 Å². The number of rotatable bonds is 4. The highest BCUT2D eigenvalue weighted by Crippen LogP contribution is 2.26. The van der Waals surface area contributed by atoms with Crippen molar-refractivity contribution in [2.75, 3.05) is 19.8 Å². The summed E-state index contributed by atoms with van der Waals surface area (Å²) in [4.78, 5) is 0. The van der Waals surface area contributed by atoms with Crippen LogP contribution in [0.25, 0.3) is 0 Å². The molecule has 1 aliphatic heterocycles. The highest BCUT2D eigenvalue weighted by atomic mass is 35.5. The minimum atomic E-state index is -0.219. The Kier molecular flexibility index (Phi) is 4.98. The van der Waals surface area contributed by atoms with E-state index in [0.717, 1.165) is 19.6 Å². The molecule has 0 amide bonds. The van der Waals surface area contributed by atoms with Gasteiger partial charge in [0, 0.05) is 29.2 Å². The number of halogens is 2. The van der Waals surface area contributed by atoms with Crippen LogP contribution in [-0.2, 0) is 11.2 Å². The van der Waals surface area contributed by atoms with E-state index in [2.05, 4.69) is 12.2 Å². The number of ether oxygens (including phenoxy) is 1. The Hall–Kier alpha value is -0.640. The average Bonchev–Trinajstić information content (AvgIpc) is 2.36. The molecule has 4 heteroatoms. The second-order valence-corrected chi connectivity index (χ2v) is 5.10. The Morgan fingerprint density at radius 1 is 1.50 bits per heavy atom. The monoisotopic (exact) mass is 271 g/mol. The summed E-state index contributed by atoms with van der Waals surface area (Å²) in [6.45, 7) is 4.45. The summed E-state index contributed by atoms with van der Waals surface area (Å²) in [6, 6.07) is 5.23. The SMILES string of the molecule is CCNC1CCOCC1Cc1c(F)cccc1Cl. The summed E-state index contributed by atoms with van der Waals surface area (Å²) in [5.41, 5.74) is 0.609. The van der Waals surface area contributed by atoms with Crippen molar-refractivity contribution in [1.82, 2.24) is 5.32 Å².